The maximum atomic E-state index is 13.0. The fourth-order valence-corrected chi connectivity index (χ4v) is 4.77. The molecule has 2 fully saturated rings. The Bertz CT molecular complexity index is 952. The first-order valence-corrected chi connectivity index (χ1v) is 10.5. The molecule has 1 atom stereocenters. The van der Waals surface area contributed by atoms with E-state index in [1.807, 2.05) is 29.3 Å². The molecule has 0 aliphatic carbocycles. The third-order valence-electron chi connectivity index (χ3n) is 6.45. The van der Waals surface area contributed by atoms with Crippen molar-refractivity contribution in [2.45, 2.75) is 24.3 Å². The van der Waals surface area contributed by atoms with Gasteiger partial charge in [-0.05, 0) is 30.5 Å². The van der Waals surface area contributed by atoms with E-state index in [0.717, 1.165) is 50.4 Å². The van der Waals surface area contributed by atoms with Crippen LogP contribution in [0.15, 0.2) is 60.9 Å². The van der Waals surface area contributed by atoms with Crippen LogP contribution in [0.5, 0.6) is 0 Å². The number of piperazine rings is 1. The topological polar surface area (TPSA) is 61.7 Å². The van der Waals surface area contributed by atoms with E-state index in [1.165, 1.54) is 5.56 Å². The minimum Gasteiger partial charge on any atom is -0.341 e. The van der Waals surface area contributed by atoms with Gasteiger partial charge >= 0.3 is 0 Å². The van der Waals surface area contributed by atoms with Crippen LogP contribution in [0.1, 0.15) is 24.1 Å². The quantitative estimate of drug-likeness (QED) is 0.717. The SMILES string of the molecule is O=C([C@@H]1CNCCN1)N1CCC(c2ccccc2)(c2cn3ccccc3n2)CC1. The van der Waals surface area contributed by atoms with E-state index in [0.29, 0.717) is 6.54 Å². The second kappa shape index (κ2) is 7.61. The minimum absolute atomic E-state index is 0.108. The highest BCUT2D eigenvalue weighted by molar-refractivity contribution is 5.82. The monoisotopic (exact) mass is 389 g/mol. The third kappa shape index (κ3) is 3.32. The number of fused-ring (bicyclic) bond motifs is 1. The summed E-state index contributed by atoms with van der Waals surface area (Å²) in [5.41, 5.74) is 3.18. The lowest BCUT2D eigenvalue weighted by molar-refractivity contribution is -0.135. The van der Waals surface area contributed by atoms with Gasteiger partial charge in [-0.2, -0.15) is 0 Å². The Labute approximate surface area is 170 Å². The van der Waals surface area contributed by atoms with Gasteiger partial charge in [-0.3, -0.25) is 4.79 Å². The molecule has 6 nitrogen and oxygen atoms in total. The zero-order chi connectivity index (χ0) is 19.7. The lowest BCUT2D eigenvalue weighted by Gasteiger charge is -2.42. The number of benzene rings is 1. The van der Waals surface area contributed by atoms with Crippen molar-refractivity contribution in [2.75, 3.05) is 32.7 Å². The van der Waals surface area contributed by atoms with Crippen LogP contribution in [-0.4, -0.2) is 59.0 Å². The number of nitrogens with zero attached hydrogens (tertiary/aromatic N) is 3. The summed E-state index contributed by atoms with van der Waals surface area (Å²) < 4.78 is 2.09. The number of rotatable bonds is 3. The van der Waals surface area contributed by atoms with Gasteiger partial charge in [0.25, 0.3) is 0 Å². The van der Waals surface area contributed by atoms with E-state index in [1.54, 1.807) is 0 Å². The summed E-state index contributed by atoms with van der Waals surface area (Å²) in [5.74, 6) is 0.217. The fourth-order valence-electron chi connectivity index (χ4n) is 4.77. The molecule has 2 aliphatic heterocycles. The Balaban J connectivity index is 1.45. The van der Waals surface area contributed by atoms with Gasteiger partial charge in [0.15, 0.2) is 0 Å². The first-order valence-electron chi connectivity index (χ1n) is 10.5. The molecule has 1 aromatic carbocycles. The van der Waals surface area contributed by atoms with E-state index in [2.05, 4.69) is 51.6 Å². The number of aromatic nitrogens is 2. The van der Waals surface area contributed by atoms with Gasteiger partial charge in [-0.25, -0.2) is 4.98 Å². The molecular weight excluding hydrogens is 362 g/mol. The molecule has 0 saturated carbocycles. The molecule has 0 unspecified atom stereocenters. The largest absolute Gasteiger partial charge is 0.341 e. The lowest BCUT2D eigenvalue weighted by Crippen LogP contribution is -2.58. The summed E-state index contributed by atoms with van der Waals surface area (Å²) in [6.07, 6.45) is 5.97. The second-order valence-electron chi connectivity index (χ2n) is 8.08. The van der Waals surface area contributed by atoms with Crippen molar-refractivity contribution < 1.29 is 4.79 Å². The molecule has 5 rings (SSSR count). The van der Waals surface area contributed by atoms with Gasteiger partial charge in [-0.15, -0.1) is 0 Å². The number of hydrogen-bond donors (Lipinski definition) is 2. The lowest BCUT2D eigenvalue weighted by atomic mass is 9.70. The number of likely N-dealkylation sites (tertiary alicyclic amines) is 1. The zero-order valence-corrected chi connectivity index (χ0v) is 16.6. The highest BCUT2D eigenvalue weighted by Crippen LogP contribution is 2.41. The van der Waals surface area contributed by atoms with Gasteiger partial charge in [0.1, 0.15) is 5.65 Å². The molecule has 2 aromatic heterocycles. The van der Waals surface area contributed by atoms with Gasteiger partial charge in [0, 0.05) is 50.5 Å². The molecule has 2 N–H and O–H groups in total. The number of hydrogen-bond acceptors (Lipinski definition) is 4. The Morgan fingerprint density at radius 1 is 1.03 bits per heavy atom. The molecule has 0 spiro atoms. The molecule has 29 heavy (non-hydrogen) atoms. The first kappa shape index (κ1) is 18.3. The van der Waals surface area contributed by atoms with E-state index < -0.39 is 0 Å². The first-order chi connectivity index (χ1) is 14.3. The Morgan fingerprint density at radius 3 is 2.55 bits per heavy atom. The molecule has 0 bridgehead atoms. The Morgan fingerprint density at radius 2 is 1.83 bits per heavy atom. The van der Waals surface area contributed by atoms with E-state index >= 15 is 0 Å². The maximum Gasteiger partial charge on any atom is 0.241 e. The molecule has 0 radical (unpaired) electrons. The van der Waals surface area contributed by atoms with Crippen molar-refractivity contribution in [3.63, 3.8) is 0 Å². The van der Waals surface area contributed by atoms with Gasteiger partial charge in [0.05, 0.1) is 11.7 Å². The predicted octanol–water partition coefficient (Wildman–Crippen LogP) is 1.80. The van der Waals surface area contributed by atoms with Crippen LogP contribution < -0.4 is 10.6 Å². The standard InChI is InChI=1S/C23H27N5O/c29-22(19-16-24-11-12-25-19)27-14-9-23(10-15-27,18-6-2-1-3-7-18)20-17-28-13-5-4-8-21(28)26-20/h1-8,13,17,19,24-25H,9-12,14-16H2/t19-/m0/s1. The molecule has 2 saturated heterocycles. The van der Waals surface area contributed by atoms with Gasteiger partial charge in [-0.1, -0.05) is 36.4 Å². The number of pyridine rings is 1. The Hall–Kier alpha value is -2.70. The van der Waals surface area contributed by atoms with E-state index in [9.17, 15) is 4.79 Å². The summed E-state index contributed by atoms with van der Waals surface area (Å²) in [6, 6.07) is 16.6. The Kier molecular flexibility index (Phi) is 4.81. The highest BCUT2D eigenvalue weighted by atomic mass is 16.2. The summed E-state index contributed by atoms with van der Waals surface area (Å²) >= 11 is 0. The van der Waals surface area contributed by atoms with Crippen LogP contribution in [0.25, 0.3) is 5.65 Å². The number of carbonyl (C=O) groups excluding carboxylic acids is 1. The average Bonchev–Trinajstić information content (AvgIpc) is 3.25. The number of amides is 1. The summed E-state index contributed by atoms with van der Waals surface area (Å²) in [4.78, 5) is 20.0. The van der Waals surface area contributed by atoms with Crippen molar-refractivity contribution in [1.82, 2.24) is 24.9 Å². The molecule has 150 valence electrons. The van der Waals surface area contributed by atoms with Crippen molar-refractivity contribution >= 4 is 11.6 Å². The smallest absolute Gasteiger partial charge is 0.241 e. The van der Waals surface area contributed by atoms with Crippen molar-refractivity contribution in [3.05, 3.63) is 72.2 Å². The molecule has 3 aromatic rings. The van der Waals surface area contributed by atoms with Crippen LogP contribution in [0.3, 0.4) is 0 Å². The maximum absolute atomic E-state index is 13.0. The van der Waals surface area contributed by atoms with Crippen LogP contribution in [0.2, 0.25) is 0 Å². The molecule has 2 aliphatic rings. The highest BCUT2D eigenvalue weighted by Gasteiger charge is 2.41. The number of carbonyl (C=O) groups is 1. The van der Waals surface area contributed by atoms with Crippen LogP contribution in [0, 0.1) is 0 Å². The van der Waals surface area contributed by atoms with Crippen molar-refractivity contribution in [2.24, 2.45) is 0 Å². The average molecular weight is 390 g/mol. The number of piperidine rings is 1. The van der Waals surface area contributed by atoms with Crippen LogP contribution >= 0.6 is 0 Å². The minimum atomic E-state index is -0.164. The van der Waals surface area contributed by atoms with E-state index in [-0.39, 0.29) is 17.4 Å². The molecule has 1 amide bonds. The van der Waals surface area contributed by atoms with Crippen molar-refractivity contribution in [1.29, 1.82) is 0 Å². The fraction of sp³-hybridized carbons (Fsp3) is 0.391. The normalized spacial score (nSPS) is 21.9. The third-order valence-corrected chi connectivity index (χ3v) is 6.45. The van der Waals surface area contributed by atoms with Crippen LogP contribution in [0.4, 0.5) is 0 Å². The number of imidazole rings is 1. The summed E-state index contributed by atoms with van der Waals surface area (Å²) in [6.45, 7) is 3.99. The van der Waals surface area contributed by atoms with E-state index in [4.69, 9.17) is 4.98 Å². The number of nitrogens with one attached hydrogen (secondary N) is 2. The molecule has 6 heteroatoms. The van der Waals surface area contributed by atoms with Gasteiger partial charge < -0.3 is 19.9 Å². The van der Waals surface area contributed by atoms with Crippen molar-refractivity contribution in [3.8, 4) is 0 Å². The summed E-state index contributed by atoms with van der Waals surface area (Å²) in [5, 5.41) is 6.66. The predicted molar refractivity (Wildman–Crippen MR) is 113 cm³/mol. The summed E-state index contributed by atoms with van der Waals surface area (Å²) in [7, 11) is 0. The molecule has 4 heterocycles. The van der Waals surface area contributed by atoms with Crippen LogP contribution in [-0.2, 0) is 10.2 Å². The zero-order valence-electron chi connectivity index (χ0n) is 16.6. The van der Waals surface area contributed by atoms with Gasteiger partial charge in [0.2, 0.25) is 5.91 Å². The second-order valence-corrected chi connectivity index (χ2v) is 8.08. The molecular formula is C23H27N5O.